The molecule has 1 aliphatic carbocycles. The highest BCUT2D eigenvalue weighted by Crippen LogP contribution is 2.49. The lowest BCUT2D eigenvalue weighted by Gasteiger charge is -2.35. The highest BCUT2D eigenvalue weighted by molar-refractivity contribution is 5.92. The SMILES string of the molecule is COc1ncccc1[C@H]1C[C@@H](c2cc(NC(=O)Cc3ccc4ncccc4c3)n[nH]2)C1. The van der Waals surface area contributed by atoms with Gasteiger partial charge in [0.2, 0.25) is 11.8 Å². The largest absolute Gasteiger partial charge is 0.481 e. The minimum Gasteiger partial charge on any atom is -0.481 e. The standard InChI is InChI=1S/C24H23N5O2/c1-31-24-19(5-3-9-26-24)17-12-18(13-17)21-14-22(29-28-21)27-23(30)11-15-6-7-20-16(10-15)4-2-8-25-20/h2-10,14,17-18H,11-13H2,1H3,(H2,27,28,29,30)/t17-,18+. The smallest absolute Gasteiger partial charge is 0.229 e. The highest BCUT2D eigenvalue weighted by atomic mass is 16.5. The van der Waals surface area contributed by atoms with Gasteiger partial charge in [0.15, 0.2) is 5.82 Å². The summed E-state index contributed by atoms with van der Waals surface area (Å²) >= 11 is 0. The Hall–Kier alpha value is -3.74. The highest BCUT2D eigenvalue weighted by Gasteiger charge is 2.34. The van der Waals surface area contributed by atoms with E-state index in [-0.39, 0.29) is 5.91 Å². The number of fused-ring (bicyclic) bond motifs is 1. The molecule has 0 unspecified atom stereocenters. The molecule has 0 radical (unpaired) electrons. The fourth-order valence-electron chi connectivity index (χ4n) is 4.23. The average Bonchev–Trinajstić information content (AvgIpc) is 3.20. The predicted molar refractivity (Wildman–Crippen MR) is 118 cm³/mol. The number of rotatable bonds is 6. The minimum absolute atomic E-state index is 0.0899. The first-order valence-electron chi connectivity index (χ1n) is 10.4. The number of benzene rings is 1. The van der Waals surface area contributed by atoms with E-state index in [0.29, 0.717) is 30.0 Å². The Morgan fingerprint density at radius 2 is 1.94 bits per heavy atom. The summed E-state index contributed by atoms with van der Waals surface area (Å²) in [6, 6.07) is 15.7. The molecule has 0 bridgehead atoms. The molecule has 0 aliphatic heterocycles. The third-order valence-electron chi connectivity index (χ3n) is 5.91. The van der Waals surface area contributed by atoms with Crippen molar-refractivity contribution >= 4 is 22.6 Å². The lowest BCUT2D eigenvalue weighted by molar-refractivity contribution is -0.115. The number of ether oxygens (including phenoxy) is 1. The lowest BCUT2D eigenvalue weighted by Crippen LogP contribution is -2.21. The Kier molecular flexibility index (Phi) is 5.08. The number of H-pyrrole nitrogens is 1. The second-order valence-corrected chi connectivity index (χ2v) is 7.93. The number of carbonyl (C=O) groups is 1. The van der Waals surface area contributed by atoms with Crippen LogP contribution in [0.4, 0.5) is 5.82 Å². The van der Waals surface area contributed by atoms with Crippen molar-refractivity contribution in [3.8, 4) is 5.88 Å². The van der Waals surface area contributed by atoms with Gasteiger partial charge in [0.25, 0.3) is 0 Å². The summed E-state index contributed by atoms with van der Waals surface area (Å²) in [5.41, 5.74) is 4.07. The van der Waals surface area contributed by atoms with E-state index in [0.717, 1.165) is 40.6 Å². The summed E-state index contributed by atoms with van der Waals surface area (Å²) in [6.45, 7) is 0. The van der Waals surface area contributed by atoms with E-state index in [4.69, 9.17) is 4.74 Å². The number of aromatic nitrogens is 4. The van der Waals surface area contributed by atoms with Gasteiger partial charge in [-0.15, -0.1) is 0 Å². The van der Waals surface area contributed by atoms with Crippen molar-refractivity contribution in [2.45, 2.75) is 31.1 Å². The second-order valence-electron chi connectivity index (χ2n) is 7.93. The van der Waals surface area contributed by atoms with Crippen LogP contribution in [0.15, 0.2) is 60.9 Å². The third-order valence-corrected chi connectivity index (χ3v) is 5.91. The fraction of sp³-hybridized carbons (Fsp3) is 0.250. The number of methoxy groups -OCH3 is 1. The normalized spacial score (nSPS) is 17.8. The monoisotopic (exact) mass is 413 g/mol. The van der Waals surface area contributed by atoms with Crippen LogP contribution in [0, 0.1) is 0 Å². The first-order valence-corrected chi connectivity index (χ1v) is 10.4. The molecule has 0 spiro atoms. The Morgan fingerprint density at radius 3 is 2.81 bits per heavy atom. The van der Waals surface area contributed by atoms with Gasteiger partial charge in [-0.1, -0.05) is 18.2 Å². The molecule has 1 amide bonds. The number of pyridine rings is 2. The zero-order valence-corrected chi connectivity index (χ0v) is 17.2. The molecule has 1 fully saturated rings. The van der Waals surface area contributed by atoms with Crippen LogP contribution in [-0.4, -0.2) is 33.2 Å². The van der Waals surface area contributed by atoms with Crippen molar-refractivity contribution in [1.82, 2.24) is 20.2 Å². The zero-order valence-electron chi connectivity index (χ0n) is 17.2. The van der Waals surface area contributed by atoms with Gasteiger partial charge in [-0.2, -0.15) is 5.10 Å². The third kappa shape index (κ3) is 3.99. The van der Waals surface area contributed by atoms with Crippen molar-refractivity contribution in [3.63, 3.8) is 0 Å². The number of aromatic amines is 1. The van der Waals surface area contributed by atoms with Crippen molar-refractivity contribution in [3.05, 3.63) is 77.7 Å². The minimum atomic E-state index is -0.0899. The van der Waals surface area contributed by atoms with Crippen LogP contribution in [0.25, 0.3) is 10.9 Å². The molecule has 31 heavy (non-hydrogen) atoms. The summed E-state index contributed by atoms with van der Waals surface area (Å²) in [6.07, 6.45) is 5.81. The number of amides is 1. The number of nitrogens with zero attached hydrogens (tertiary/aromatic N) is 3. The molecule has 7 nitrogen and oxygen atoms in total. The van der Waals surface area contributed by atoms with Crippen LogP contribution in [0.5, 0.6) is 5.88 Å². The zero-order chi connectivity index (χ0) is 21.2. The van der Waals surface area contributed by atoms with Crippen molar-refractivity contribution in [2.75, 3.05) is 12.4 Å². The van der Waals surface area contributed by atoms with Gasteiger partial charge >= 0.3 is 0 Å². The van der Waals surface area contributed by atoms with E-state index in [9.17, 15) is 4.79 Å². The number of hydrogen-bond acceptors (Lipinski definition) is 5. The molecule has 0 saturated heterocycles. The van der Waals surface area contributed by atoms with Crippen LogP contribution >= 0.6 is 0 Å². The van der Waals surface area contributed by atoms with E-state index in [1.54, 1.807) is 19.5 Å². The molecule has 0 atom stereocenters. The van der Waals surface area contributed by atoms with Crippen LogP contribution < -0.4 is 10.1 Å². The average molecular weight is 413 g/mol. The topological polar surface area (TPSA) is 92.8 Å². The van der Waals surface area contributed by atoms with Gasteiger partial charge in [-0.3, -0.25) is 14.9 Å². The van der Waals surface area contributed by atoms with E-state index in [2.05, 4.69) is 31.5 Å². The van der Waals surface area contributed by atoms with E-state index in [1.165, 1.54) is 0 Å². The number of anilines is 1. The van der Waals surface area contributed by atoms with Gasteiger partial charge in [0.1, 0.15) is 0 Å². The molecule has 5 rings (SSSR count). The Morgan fingerprint density at radius 1 is 1.10 bits per heavy atom. The maximum Gasteiger partial charge on any atom is 0.229 e. The second kappa shape index (κ2) is 8.18. The Balaban J connectivity index is 1.19. The van der Waals surface area contributed by atoms with Crippen molar-refractivity contribution in [1.29, 1.82) is 0 Å². The quantitative estimate of drug-likeness (QED) is 0.494. The van der Waals surface area contributed by atoms with Crippen molar-refractivity contribution < 1.29 is 9.53 Å². The summed E-state index contributed by atoms with van der Waals surface area (Å²) < 4.78 is 5.38. The lowest BCUT2D eigenvalue weighted by atomic mass is 9.70. The molecule has 1 saturated carbocycles. The molecule has 156 valence electrons. The van der Waals surface area contributed by atoms with Gasteiger partial charge < -0.3 is 10.1 Å². The Bertz CT molecular complexity index is 1230. The number of hydrogen-bond donors (Lipinski definition) is 2. The molecular weight excluding hydrogens is 390 g/mol. The first-order chi connectivity index (χ1) is 15.2. The molecule has 4 aromatic rings. The number of nitrogens with one attached hydrogen (secondary N) is 2. The van der Waals surface area contributed by atoms with E-state index < -0.39 is 0 Å². The van der Waals surface area contributed by atoms with E-state index in [1.807, 2.05) is 42.5 Å². The summed E-state index contributed by atoms with van der Waals surface area (Å²) in [7, 11) is 1.65. The maximum atomic E-state index is 12.5. The molecule has 3 heterocycles. The summed E-state index contributed by atoms with van der Waals surface area (Å²) in [5.74, 6) is 1.99. The summed E-state index contributed by atoms with van der Waals surface area (Å²) in [4.78, 5) is 21.1. The van der Waals surface area contributed by atoms with Gasteiger partial charge in [0.05, 0.1) is 19.0 Å². The van der Waals surface area contributed by atoms with Crippen LogP contribution in [0.3, 0.4) is 0 Å². The van der Waals surface area contributed by atoms with Crippen LogP contribution in [0.2, 0.25) is 0 Å². The molecular formula is C24H23N5O2. The molecule has 3 aromatic heterocycles. The van der Waals surface area contributed by atoms with Crippen LogP contribution in [0.1, 0.15) is 41.5 Å². The van der Waals surface area contributed by atoms with Gasteiger partial charge in [-0.05, 0) is 48.6 Å². The molecule has 1 aromatic carbocycles. The first kappa shape index (κ1) is 19.2. The predicted octanol–water partition coefficient (Wildman–Crippen LogP) is 4.20. The van der Waals surface area contributed by atoms with Gasteiger partial charge in [-0.25, -0.2) is 4.98 Å². The molecule has 2 N–H and O–H groups in total. The van der Waals surface area contributed by atoms with Crippen molar-refractivity contribution in [2.24, 2.45) is 0 Å². The van der Waals surface area contributed by atoms with E-state index >= 15 is 0 Å². The Labute approximate surface area is 179 Å². The molecule has 1 aliphatic rings. The summed E-state index contributed by atoms with van der Waals surface area (Å²) in [5, 5.41) is 11.3. The fourth-order valence-corrected chi connectivity index (χ4v) is 4.23. The maximum absolute atomic E-state index is 12.5. The van der Waals surface area contributed by atoms with Crippen LogP contribution in [-0.2, 0) is 11.2 Å². The van der Waals surface area contributed by atoms with Gasteiger partial charge in [0, 0.05) is 41.0 Å². The molecule has 7 heteroatoms. The number of carbonyl (C=O) groups excluding carboxylic acids is 1.